The van der Waals surface area contributed by atoms with E-state index in [-0.39, 0.29) is 24.8 Å². The van der Waals surface area contributed by atoms with Gasteiger partial charge in [-0.05, 0) is 25.5 Å². The Hall–Kier alpha value is -2.48. The zero-order valence-corrected chi connectivity index (χ0v) is 16.4. The molecule has 0 aliphatic carbocycles. The molecule has 1 aromatic carbocycles. The minimum absolute atomic E-state index is 0.143. The number of nitrogens with one attached hydrogen (secondary N) is 1. The maximum Gasteiger partial charge on any atom is 0.267 e. The van der Waals surface area contributed by atoms with Crippen LogP contribution in [0.3, 0.4) is 0 Å². The second kappa shape index (κ2) is 8.94. The van der Waals surface area contributed by atoms with Gasteiger partial charge in [-0.25, -0.2) is 0 Å². The number of ether oxygens (including phenoxy) is 1. The van der Waals surface area contributed by atoms with Gasteiger partial charge in [0.1, 0.15) is 10.8 Å². The van der Waals surface area contributed by atoms with Gasteiger partial charge in [-0.2, -0.15) is 0 Å². The number of aromatic nitrogens is 2. The molecule has 0 bridgehead atoms. The Kier molecular flexibility index (Phi) is 6.39. The summed E-state index contributed by atoms with van der Waals surface area (Å²) in [6.45, 7) is 4.16. The number of carbonyl (C=O) groups excluding carboxylic acids is 2. The monoisotopic (exact) mass is 388 g/mol. The highest BCUT2D eigenvalue weighted by Crippen LogP contribution is 2.33. The molecule has 1 N–H and O–H groups in total. The van der Waals surface area contributed by atoms with Crippen molar-refractivity contribution in [2.75, 3.05) is 16.8 Å². The number of benzene rings is 1. The highest BCUT2D eigenvalue weighted by Gasteiger charge is 2.31. The number of unbranched alkanes of at least 4 members (excludes halogenated alkanes) is 2. The third-order valence-corrected chi connectivity index (χ3v) is 5.24. The SMILES string of the molecule is CCCCCc1nnc(NC(=O)CCN2C(=O)C(C)Oc3ccccc32)s1. The van der Waals surface area contributed by atoms with Crippen LogP contribution in [0.2, 0.25) is 0 Å². The number of para-hydroxylation sites is 2. The van der Waals surface area contributed by atoms with Gasteiger partial charge < -0.3 is 15.0 Å². The molecule has 0 fully saturated rings. The first kappa shape index (κ1) is 19.3. The number of amides is 2. The number of rotatable bonds is 8. The van der Waals surface area contributed by atoms with Crippen molar-refractivity contribution >= 4 is 34.0 Å². The number of fused-ring (bicyclic) bond motifs is 1. The van der Waals surface area contributed by atoms with E-state index in [1.165, 1.54) is 11.3 Å². The molecule has 7 nitrogen and oxygen atoms in total. The molecule has 1 aliphatic rings. The van der Waals surface area contributed by atoms with Gasteiger partial charge in [0.05, 0.1) is 5.69 Å². The van der Waals surface area contributed by atoms with Crippen molar-refractivity contribution in [3.05, 3.63) is 29.3 Å². The fraction of sp³-hybridized carbons (Fsp3) is 0.474. The average molecular weight is 388 g/mol. The lowest BCUT2D eigenvalue weighted by molar-refractivity contribution is -0.125. The van der Waals surface area contributed by atoms with Crippen LogP contribution in [0.5, 0.6) is 5.75 Å². The molecule has 2 heterocycles. The summed E-state index contributed by atoms with van der Waals surface area (Å²) in [4.78, 5) is 26.3. The van der Waals surface area contributed by atoms with Crippen LogP contribution in [0.4, 0.5) is 10.8 Å². The maximum atomic E-state index is 12.4. The van der Waals surface area contributed by atoms with Crippen molar-refractivity contribution in [2.24, 2.45) is 0 Å². The molecule has 0 spiro atoms. The van der Waals surface area contributed by atoms with Crippen molar-refractivity contribution in [3.8, 4) is 5.75 Å². The van der Waals surface area contributed by atoms with Gasteiger partial charge in [-0.1, -0.05) is 43.2 Å². The van der Waals surface area contributed by atoms with Gasteiger partial charge in [-0.3, -0.25) is 9.59 Å². The molecule has 1 atom stereocenters. The highest BCUT2D eigenvalue weighted by atomic mass is 32.1. The Bertz CT molecular complexity index is 808. The molecule has 2 aromatic rings. The summed E-state index contributed by atoms with van der Waals surface area (Å²) >= 11 is 1.41. The van der Waals surface area contributed by atoms with Gasteiger partial charge in [-0.15, -0.1) is 10.2 Å². The van der Waals surface area contributed by atoms with Crippen molar-refractivity contribution in [1.82, 2.24) is 10.2 Å². The van der Waals surface area contributed by atoms with Crippen LogP contribution in [0.25, 0.3) is 0 Å². The number of anilines is 2. The van der Waals surface area contributed by atoms with E-state index in [1.54, 1.807) is 11.8 Å². The van der Waals surface area contributed by atoms with E-state index in [0.717, 1.165) is 30.7 Å². The third-order valence-electron chi connectivity index (χ3n) is 4.34. The molecule has 0 saturated heterocycles. The fourth-order valence-corrected chi connectivity index (χ4v) is 3.71. The van der Waals surface area contributed by atoms with Gasteiger partial charge >= 0.3 is 0 Å². The van der Waals surface area contributed by atoms with Crippen LogP contribution in [-0.4, -0.2) is 34.7 Å². The first-order valence-corrected chi connectivity index (χ1v) is 10.1. The van der Waals surface area contributed by atoms with E-state index >= 15 is 0 Å². The minimum atomic E-state index is -0.559. The average Bonchev–Trinajstić information content (AvgIpc) is 3.09. The van der Waals surface area contributed by atoms with Crippen molar-refractivity contribution in [1.29, 1.82) is 0 Å². The first-order chi connectivity index (χ1) is 13.1. The van der Waals surface area contributed by atoms with E-state index in [0.29, 0.717) is 16.6 Å². The molecule has 0 radical (unpaired) electrons. The van der Waals surface area contributed by atoms with Gasteiger partial charge in [0.15, 0.2) is 6.10 Å². The summed E-state index contributed by atoms with van der Waals surface area (Å²) < 4.78 is 5.61. The highest BCUT2D eigenvalue weighted by molar-refractivity contribution is 7.15. The topological polar surface area (TPSA) is 84.4 Å². The molecule has 27 heavy (non-hydrogen) atoms. The van der Waals surface area contributed by atoms with E-state index in [2.05, 4.69) is 22.4 Å². The van der Waals surface area contributed by atoms with Crippen LogP contribution in [0.15, 0.2) is 24.3 Å². The third kappa shape index (κ3) is 4.82. The summed E-state index contributed by atoms with van der Waals surface area (Å²) in [6, 6.07) is 7.36. The van der Waals surface area contributed by atoms with E-state index in [4.69, 9.17) is 4.74 Å². The molecule has 1 aromatic heterocycles. The first-order valence-electron chi connectivity index (χ1n) is 9.27. The molecule has 0 saturated carbocycles. The second-order valence-electron chi connectivity index (χ2n) is 6.47. The van der Waals surface area contributed by atoms with Crippen molar-refractivity contribution < 1.29 is 14.3 Å². The van der Waals surface area contributed by atoms with E-state index in [9.17, 15) is 9.59 Å². The van der Waals surface area contributed by atoms with E-state index in [1.807, 2.05) is 24.3 Å². The lowest BCUT2D eigenvalue weighted by atomic mass is 10.1. The summed E-state index contributed by atoms with van der Waals surface area (Å²) in [7, 11) is 0. The van der Waals surface area contributed by atoms with Crippen LogP contribution in [0.1, 0.15) is 44.5 Å². The Labute approximate surface area is 162 Å². The summed E-state index contributed by atoms with van der Waals surface area (Å²) in [5.41, 5.74) is 0.697. The molecule has 1 unspecified atom stereocenters. The van der Waals surface area contributed by atoms with Crippen molar-refractivity contribution in [3.63, 3.8) is 0 Å². The molecular formula is C19H24N4O3S. The van der Waals surface area contributed by atoms with E-state index < -0.39 is 6.10 Å². The molecular weight excluding hydrogens is 364 g/mol. The minimum Gasteiger partial charge on any atom is -0.479 e. The predicted molar refractivity (Wildman–Crippen MR) is 105 cm³/mol. The summed E-state index contributed by atoms with van der Waals surface area (Å²) in [5, 5.41) is 12.4. The van der Waals surface area contributed by atoms with Gasteiger partial charge in [0, 0.05) is 19.4 Å². The lowest BCUT2D eigenvalue weighted by Crippen LogP contribution is -2.45. The quantitative estimate of drug-likeness (QED) is 0.701. The Morgan fingerprint density at radius 2 is 2.11 bits per heavy atom. The zero-order chi connectivity index (χ0) is 19.2. The van der Waals surface area contributed by atoms with Gasteiger partial charge in [0.25, 0.3) is 5.91 Å². The van der Waals surface area contributed by atoms with Crippen LogP contribution < -0.4 is 15.0 Å². The Morgan fingerprint density at radius 3 is 2.93 bits per heavy atom. The number of carbonyl (C=O) groups is 2. The largest absolute Gasteiger partial charge is 0.479 e. The predicted octanol–water partition coefficient (Wildman–Crippen LogP) is 3.41. The summed E-state index contributed by atoms with van der Waals surface area (Å²) in [5.74, 6) is 0.331. The van der Waals surface area contributed by atoms with Crippen LogP contribution in [-0.2, 0) is 16.0 Å². The lowest BCUT2D eigenvalue weighted by Gasteiger charge is -2.32. The number of aryl methyl sites for hydroxylation is 1. The molecule has 1 aliphatic heterocycles. The smallest absolute Gasteiger partial charge is 0.267 e. The number of nitrogens with zero attached hydrogens (tertiary/aromatic N) is 3. The van der Waals surface area contributed by atoms with Gasteiger partial charge in [0.2, 0.25) is 11.0 Å². The zero-order valence-electron chi connectivity index (χ0n) is 15.6. The van der Waals surface area contributed by atoms with Crippen LogP contribution in [0, 0.1) is 0 Å². The molecule has 2 amide bonds. The maximum absolute atomic E-state index is 12.4. The Balaban J connectivity index is 1.55. The molecule has 8 heteroatoms. The fourth-order valence-electron chi connectivity index (χ4n) is 2.92. The molecule has 144 valence electrons. The second-order valence-corrected chi connectivity index (χ2v) is 7.54. The normalized spacial score (nSPS) is 16.0. The standard InChI is InChI=1S/C19H24N4O3S/c1-3-4-5-10-17-21-22-19(27-17)20-16(24)11-12-23-14-8-6-7-9-15(14)26-13(2)18(23)25/h6-9,13H,3-5,10-12H2,1-2H3,(H,20,22,24). The summed E-state index contributed by atoms with van der Waals surface area (Å²) in [6.07, 6.45) is 3.90. The van der Waals surface area contributed by atoms with Crippen LogP contribution >= 0.6 is 11.3 Å². The Morgan fingerprint density at radius 1 is 1.30 bits per heavy atom. The number of hydrogen-bond donors (Lipinski definition) is 1. The van der Waals surface area contributed by atoms with Crippen molar-refractivity contribution in [2.45, 2.75) is 52.1 Å². The molecule has 3 rings (SSSR count). The number of hydrogen-bond acceptors (Lipinski definition) is 6.